The Balaban J connectivity index is 2.56. The number of pyridine rings is 1. The van der Waals surface area contributed by atoms with Crippen LogP contribution in [-0.4, -0.2) is 36.1 Å². The Morgan fingerprint density at radius 3 is 2.12 bits per heavy atom. The molecular weight excluding hydrogens is 436 g/mol. The van der Waals surface area contributed by atoms with Crippen LogP contribution in [0.4, 0.5) is 5.69 Å². The quantitative estimate of drug-likeness (QED) is 0.257. The van der Waals surface area contributed by atoms with Gasteiger partial charge in [-0.3, -0.25) is 15.1 Å². The minimum absolute atomic E-state index is 0.0449. The molecule has 2 N–H and O–H groups in total. The van der Waals surface area contributed by atoms with Crippen molar-refractivity contribution in [1.29, 1.82) is 0 Å². The van der Waals surface area contributed by atoms with Crippen molar-refractivity contribution in [2.75, 3.05) is 0 Å². The largest absolute Gasteiger partial charge is 0.432 e. The first kappa shape index (κ1) is 26.9. The molecule has 0 saturated carbocycles. The molecule has 6 nitrogen and oxygen atoms in total. The molecule has 1 aromatic heterocycles. The van der Waals surface area contributed by atoms with Gasteiger partial charge in [0.2, 0.25) is 0 Å². The topological polar surface area (TPSA) is 96.5 Å². The van der Waals surface area contributed by atoms with E-state index in [4.69, 9.17) is 0 Å². The monoisotopic (exact) mass is 478 g/mol. The van der Waals surface area contributed by atoms with Crippen molar-refractivity contribution >= 4 is 27.9 Å². The van der Waals surface area contributed by atoms with Crippen LogP contribution < -0.4 is 0 Å². The number of allylic oxidation sites excluding steroid dienone is 2. The van der Waals surface area contributed by atoms with Gasteiger partial charge in [0.25, 0.3) is 5.69 Å². The standard InChI is InChI=1S/C24H42N2O4Si2/c1-17-12-18(20-10-11-25-16-22(20)26(27)28)13-19(14-23(2,3)31(6,7)29)21(17)15-24(4,5)32(8,9)30/h10-11,13,16-17,19,21,29-30H,12,14-15H2,1-9H3/t17-,19-,21+/m0/s1. The summed E-state index contributed by atoms with van der Waals surface area (Å²) >= 11 is 0. The molecule has 0 spiro atoms. The highest BCUT2D eigenvalue weighted by Crippen LogP contribution is 2.54. The summed E-state index contributed by atoms with van der Waals surface area (Å²) in [5, 5.41) is 11.3. The van der Waals surface area contributed by atoms with Crippen molar-refractivity contribution in [3.63, 3.8) is 0 Å². The average Bonchev–Trinajstić information content (AvgIpc) is 2.62. The number of nitro groups is 1. The van der Waals surface area contributed by atoms with E-state index in [0.717, 1.165) is 24.8 Å². The van der Waals surface area contributed by atoms with E-state index in [-0.39, 0.29) is 26.6 Å². The first-order chi connectivity index (χ1) is 14.4. The molecule has 1 aromatic rings. The maximum Gasteiger partial charge on any atom is 0.294 e. The third kappa shape index (κ3) is 5.76. The molecule has 1 heterocycles. The molecule has 0 fully saturated rings. The lowest BCUT2D eigenvalue weighted by Crippen LogP contribution is -2.44. The molecule has 180 valence electrons. The molecule has 8 heteroatoms. The molecule has 3 atom stereocenters. The van der Waals surface area contributed by atoms with Crippen LogP contribution in [0.3, 0.4) is 0 Å². The zero-order chi connectivity index (χ0) is 24.7. The van der Waals surface area contributed by atoms with E-state index in [0.29, 0.717) is 17.4 Å². The highest BCUT2D eigenvalue weighted by atomic mass is 28.4. The Kier molecular flexibility index (Phi) is 7.66. The fourth-order valence-corrected chi connectivity index (χ4v) is 6.08. The first-order valence-electron chi connectivity index (χ1n) is 11.6. The highest BCUT2D eigenvalue weighted by Gasteiger charge is 2.46. The molecule has 0 saturated heterocycles. The normalized spacial score (nSPS) is 23.1. The summed E-state index contributed by atoms with van der Waals surface area (Å²) in [5.41, 5.74) is 1.69. The zero-order valence-electron chi connectivity index (χ0n) is 21.3. The molecule has 0 bridgehead atoms. The molecule has 0 radical (unpaired) electrons. The minimum Gasteiger partial charge on any atom is -0.432 e. The predicted molar refractivity (Wildman–Crippen MR) is 136 cm³/mol. The summed E-state index contributed by atoms with van der Waals surface area (Å²) in [5.74, 6) is 0.818. The van der Waals surface area contributed by atoms with Crippen LogP contribution in [0.1, 0.15) is 59.4 Å². The summed E-state index contributed by atoms with van der Waals surface area (Å²) in [7, 11) is -4.82. The number of hydrogen-bond donors (Lipinski definition) is 2. The smallest absolute Gasteiger partial charge is 0.294 e. The van der Waals surface area contributed by atoms with E-state index in [1.807, 2.05) is 26.2 Å². The third-order valence-electron chi connectivity index (χ3n) is 8.39. The summed E-state index contributed by atoms with van der Waals surface area (Å²) in [6.45, 7) is 18.9. The van der Waals surface area contributed by atoms with Crippen molar-refractivity contribution in [3.8, 4) is 0 Å². The van der Waals surface area contributed by atoms with Gasteiger partial charge in [-0.15, -0.1) is 0 Å². The van der Waals surface area contributed by atoms with Crippen LogP contribution in [0.2, 0.25) is 36.3 Å². The first-order valence-corrected chi connectivity index (χ1v) is 17.5. The van der Waals surface area contributed by atoms with Gasteiger partial charge in [0, 0.05) is 6.20 Å². The molecule has 0 unspecified atom stereocenters. The van der Waals surface area contributed by atoms with Crippen molar-refractivity contribution in [2.45, 2.75) is 90.1 Å². The molecule has 0 aromatic carbocycles. The van der Waals surface area contributed by atoms with Gasteiger partial charge in [0.15, 0.2) is 16.6 Å². The van der Waals surface area contributed by atoms with Crippen molar-refractivity contribution in [2.24, 2.45) is 17.8 Å². The SMILES string of the molecule is C[C@H]1CC(c2ccncc2[N+](=O)[O-])=C[C@@H](CC(C)(C)[Si](C)(C)O)[C@@H]1CC(C)(C)[Si](C)(C)O. The maximum absolute atomic E-state index is 11.6. The summed E-state index contributed by atoms with van der Waals surface area (Å²) < 4.78 is 0. The minimum atomic E-state index is -2.43. The van der Waals surface area contributed by atoms with E-state index in [1.165, 1.54) is 6.20 Å². The summed E-state index contributed by atoms with van der Waals surface area (Å²) in [4.78, 5) is 37.2. The van der Waals surface area contributed by atoms with Crippen LogP contribution >= 0.6 is 0 Å². The predicted octanol–water partition coefficient (Wildman–Crippen LogP) is 6.38. The van der Waals surface area contributed by atoms with Gasteiger partial charge in [-0.1, -0.05) is 40.7 Å². The molecular formula is C24H42N2O4Si2. The maximum atomic E-state index is 11.6. The van der Waals surface area contributed by atoms with E-state index < -0.39 is 16.6 Å². The number of aromatic nitrogens is 1. The number of nitrogens with zero attached hydrogens (tertiary/aromatic N) is 2. The average molecular weight is 479 g/mol. The van der Waals surface area contributed by atoms with Crippen molar-refractivity contribution in [3.05, 3.63) is 40.2 Å². The Bertz CT molecular complexity index is 869. The fraction of sp³-hybridized carbons (Fsp3) is 0.708. The summed E-state index contributed by atoms with van der Waals surface area (Å²) in [6.07, 6.45) is 7.67. The number of rotatable bonds is 8. The van der Waals surface area contributed by atoms with Gasteiger partial charge in [-0.2, -0.15) is 0 Å². The van der Waals surface area contributed by atoms with Crippen LogP contribution in [0.5, 0.6) is 0 Å². The fourth-order valence-electron chi connectivity index (χ4n) is 4.61. The van der Waals surface area contributed by atoms with Crippen LogP contribution in [-0.2, 0) is 0 Å². The summed E-state index contributed by atoms with van der Waals surface area (Å²) in [6, 6.07) is 1.75. The molecule has 2 rings (SSSR count). The van der Waals surface area contributed by atoms with Crippen LogP contribution in [0, 0.1) is 27.9 Å². The molecule has 0 amide bonds. The lowest BCUT2D eigenvalue weighted by Gasteiger charge is -2.46. The van der Waals surface area contributed by atoms with E-state index in [2.05, 4.69) is 45.7 Å². The van der Waals surface area contributed by atoms with Crippen LogP contribution in [0.15, 0.2) is 24.5 Å². The van der Waals surface area contributed by atoms with E-state index in [9.17, 15) is 19.7 Å². The Labute approximate surface area is 195 Å². The second-order valence-corrected chi connectivity index (χ2v) is 21.1. The van der Waals surface area contributed by atoms with Crippen molar-refractivity contribution in [1.82, 2.24) is 4.98 Å². The Morgan fingerprint density at radius 2 is 1.62 bits per heavy atom. The van der Waals surface area contributed by atoms with Crippen molar-refractivity contribution < 1.29 is 14.5 Å². The van der Waals surface area contributed by atoms with Gasteiger partial charge in [-0.05, 0) is 84.9 Å². The second kappa shape index (κ2) is 9.12. The van der Waals surface area contributed by atoms with E-state index >= 15 is 0 Å². The molecule has 32 heavy (non-hydrogen) atoms. The highest BCUT2D eigenvalue weighted by molar-refractivity contribution is 6.73. The third-order valence-corrected chi connectivity index (χ3v) is 15.4. The Hall–Kier alpha value is -1.36. The van der Waals surface area contributed by atoms with Gasteiger partial charge in [0.05, 0.1) is 10.5 Å². The van der Waals surface area contributed by atoms with Gasteiger partial charge >= 0.3 is 0 Å². The lowest BCUT2D eigenvalue weighted by molar-refractivity contribution is -0.385. The lowest BCUT2D eigenvalue weighted by atomic mass is 9.67. The van der Waals surface area contributed by atoms with Gasteiger partial charge < -0.3 is 9.59 Å². The molecule has 1 aliphatic rings. The Morgan fingerprint density at radius 1 is 1.09 bits per heavy atom. The molecule has 0 aliphatic heterocycles. The van der Waals surface area contributed by atoms with Crippen LogP contribution in [0.25, 0.3) is 5.57 Å². The van der Waals surface area contributed by atoms with Gasteiger partial charge in [-0.25, -0.2) is 0 Å². The van der Waals surface area contributed by atoms with Gasteiger partial charge in [0.1, 0.15) is 6.20 Å². The molecule has 1 aliphatic carbocycles. The van der Waals surface area contributed by atoms with E-state index in [1.54, 1.807) is 12.3 Å². The number of hydrogen-bond acceptors (Lipinski definition) is 5. The second-order valence-electron chi connectivity index (χ2n) is 12.1. The zero-order valence-corrected chi connectivity index (χ0v) is 23.3.